The van der Waals surface area contributed by atoms with Crippen molar-refractivity contribution < 1.29 is 32.0 Å². The molecule has 2 unspecified atom stereocenters. The second-order valence-electron chi connectivity index (χ2n) is 7.82. The Hall–Kier alpha value is -2.39. The highest BCUT2D eigenvalue weighted by atomic mass is 16.5. The van der Waals surface area contributed by atoms with Crippen molar-refractivity contribution in [3.8, 4) is 5.88 Å². The third-order valence-corrected chi connectivity index (χ3v) is 5.96. The summed E-state index contributed by atoms with van der Waals surface area (Å²) in [6.45, 7) is 2.87. The van der Waals surface area contributed by atoms with E-state index in [4.69, 9.17) is 12.2 Å². The fourth-order valence-electron chi connectivity index (χ4n) is 3.46. The predicted molar refractivity (Wildman–Crippen MR) is 110 cm³/mol. The van der Waals surface area contributed by atoms with E-state index in [0.717, 1.165) is 6.42 Å². The van der Waals surface area contributed by atoms with E-state index in [9.17, 15) is 19.8 Å². The number of hydrogen-bond donors (Lipinski definition) is 3. The minimum absolute atomic E-state index is 0.0293. The van der Waals surface area contributed by atoms with E-state index in [1.54, 1.807) is 20.1 Å². The van der Waals surface area contributed by atoms with Gasteiger partial charge in [0.2, 0.25) is 5.88 Å². The Morgan fingerprint density at radius 1 is 1.43 bits per heavy atom. The van der Waals surface area contributed by atoms with Crippen molar-refractivity contribution in [2.24, 2.45) is 11.8 Å². The number of anilines is 1. The van der Waals surface area contributed by atoms with Crippen molar-refractivity contribution in [3.63, 3.8) is 0 Å². The highest BCUT2D eigenvalue weighted by Gasteiger charge is 2.39. The van der Waals surface area contributed by atoms with Crippen molar-refractivity contribution in [1.29, 1.82) is 0 Å². The molecule has 30 heavy (non-hydrogen) atoms. The second kappa shape index (κ2) is 9.18. The molecule has 0 radical (unpaired) electrons. The standard InChI is InChI=1S/C21H31N3O6/c1-4-21(5-2,20(27)28)23-18(26)16-6-7-17(24-9-15(10-24)29-3)19(22-16)30-12-14-8-13(14)11-25/h6-7,13-15,25H,4-5,8-12H2,1-3H3,(H,23,26)(H,27,28)/t13-,14-/m1/s1/i1D,4D/t4?,13-,14-,21?. The van der Waals surface area contributed by atoms with Gasteiger partial charge in [0.1, 0.15) is 16.9 Å². The third-order valence-electron chi connectivity index (χ3n) is 5.96. The van der Waals surface area contributed by atoms with Gasteiger partial charge in [0.05, 0.1) is 12.7 Å². The summed E-state index contributed by atoms with van der Waals surface area (Å²) in [7, 11) is 1.64. The van der Waals surface area contributed by atoms with Crippen molar-refractivity contribution in [2.75, 3.05) is 38.3 Å². The molecule has 1 amide bonds. The van der Waals surface area contributed by atoms with Crippen LogP contribution in [0.15, 0.2) is 12.1 Å². The van der Waals surface area contributed by atoms with Gasteiger partial charge in [-0.25, -0.2) is 9.78 Å². The molecule has 9 nitrogen and oxygen atoms in total. The van der Waals surface area contributed by atoms with Crippen molar-refractivity contribution >= 4 is 17.6 Å². The normalized spacial score (nSPS) is 24.7. The number of aliphatic hydroxyl groups is 1. The van der Waals surface area contributed by atoms with E-state index in [1.807, 2.05) is 4.90 Å². The molecule has 166 valence electrons. The minimum Gasteiger partial charge on any atom is -0.480 e. The quantitative estimate of drug-likeness (QED) is 0.487. The number of ether oxygens (including phenoxy) is 2. The first kappa shape index (κ1) is 19.6. The Balaban J connectivity index is 1.81. The van der Waals surface area contributed by atoms with Crippen molar-refractivity contribution in [3.05, 3.63) is 17.8 Å². The summed E-state index contributed by atoms with van der Waals surface area (Å²) in [6, 6.07) is 3.20. The molecule has 1 aromatic rings. The van der Waals surface area contributed by atoms with E-state index >= 15 is 0 Å². The summed E-state index contributed by atoms with van der Waals surface area (Å²) >= 11 is 0. The van der Waals surface area contributed by atoms with Gasteiger partial charge in [-0.15, -0.1) is 0 Å². The van der Waals surface area contributed by atoms with Gasteiger partial charge >= 0.3 is 5.97 Å². The number of carboxylic acids is 1. The van der Waals surface area contributed by atoms with E-state index in [1.165, 1.54) is 6.07 Å². The molecule has 1 saturated carbocycles. The Labute approximate surface area is 179 Å². The van der Waals surface area contributed by atoms with Gasteiger partial charge in [0.25, 0.3) is 5.91 Å². The van der Waals surface area contributed by atoms with Crippen LogP contribution in [0, 0.1) is 11.8 Å². The van der Waals surface area contributed by atoms with Crippen LogP contribution in [0.2, 0.25) is 0 Å². The number of aliphatic carboxylic acids is 1. The number of pyridine rings is 1. The van der Waals surface area contributed by atoms with Crippen LogP contribution in [0.1, 0.15) is 46.3 Å². The fourth-order valence-corrected chi connectivity index (χ4v) is 3.46. The van der Waals surface area contributed by atoms with Crippen LogP contribution in [0.25, 0.3) is 0 Å². The maximum Gasteiger partial charge on any atom is 0.329 e. The Bertz CT molecular complexity index is 838. The first-order valence-corrected chi connectivity index (χ1v) is 10.1. The minimum atomic E-state index is -1.88. The van der Waals surface area contributed by atoms with Crippen LogP contribution in [0.3, 0.4) is 0 Å². The zero-order chi connectivity index (χ0) is 23.5. The van der Waals surface area contributed by atoms with Gasteiger partial charge < -0.3 is 29.9 Å². The first-order chi connectivity index (χ1) is 15.3. The van der Waals surface area contributed by atoms with Crippen LogP contribution >= 0.6 is 0 Å². The molecule has 2 fully saturated rings. The Morgan fingerprint density at radius 3 is 2.77 bits per heavy atom. The van der Waals surface area contributed by atoms with E-state index in [2.05, 4.69) is 10.3 Å². The summed E-state index contributed by atoms with van der Waals surface area (Å²) in [5, 5.41) is 21.4. The maximum atomic E-state index is 12.9. The number of carbonyl (C=O) groups is 2. The molecule has 0 aromatic carbocycles. The molecule has 0 spiro atoms. The number of aliphatic hydroxyl groups excluding tert-OH is 1. The summed E-state index contributed by atoms with van der Waals surface area (Å²) in [6.07, 6.45) is -0.398. The monoisotopic (exact) mass is 423 g/mol. The molecule has 2 aliphatic rings. The number of nitrogens with zero attached hydrogens (tertiary/aromatic N) is 2. The van der Waals surface area contributed by atoms with E-state index in [-0.39, 0.29) is 42.5 Å². The molecule has 3 N–H and O–H groups in total. The maximum absolute atomic E-state index is 12.9. The zero-order valence-electron chi connectivity index (χ0n) is 19.3. The van der Waals surface area contributed by atoms with Crippen molar-refractivity contribution in [2.45, 2.75) is 44.7 Å². The number of hydrogen-bond acceptors (Lipinski definition) is 7. The molecule has 3 rings (SSSR count). The number of carbonyl (C=O) groups excluding carboxylic acids is 1. The summed E-state index contributed by atoms with van der Waals surface area (Å²) < 4.78 is 26.7. The van der Waals surface area contributed by atoms with Gasteiger partial charge in [-0.3, -0.25) is 4.79 Å². The number of aromatic nitrogens is 1. The molecule has 1 aliphatic carbocycles. The topological polar surface area (TPSA) is 121 Å². The van der Waals surface area contributed by atoms with Crippen LogP contribution in [-0.2, 0) is 9.53 Å². The summed E-state index contributed by atoms with van der Waals surface area (Å²) in [5.41, 5.74) is -1.20. The van der Waals surface area contributed by atoms with E-state index in [0.29, 0.717) is 25.4 Å². The predicted octanol–water partition coefficient (Wildman–Crippen LogP) is 1.30. The van der Waals surface area contributed by atoms with E-state index < -0.39 is 30.7 Å². The number of rotatable bonds is 11. The first-order valence-electron chi connectivity index (χ1n) is 11.4. The Morgan fingerprint density at radius 2 is 2.20 bits per heavy atom. The second-order valence-corrected chi connectivity index (χ2v) is 7.82. The molecule has 1 aromatic heterocycles. The van der Waals surface area contributed by atoms with Gasteiger partial charge in [0, 0.05) is 29.5 Å². The van der Waals surface area contributed by atoms with Crippen LogP contribution in [0.5, 0.6) is 5.88 Å². The average molecular weight is 424 g/mol. The van der Waals surface area contributed by atoms with Gasteiger partial charge in [0.15, 0.2) is 0 Å². The molecule has 1 saturated heterocycles. The molecular weight excluding hydrogens is 390 g/mol. The number of methoxy groups -OCH3 is 1. The average Bonchev–Trinajstić information content (AvgIpc) is 3.53. The molecule has 0 bridgehead atoms. The Kier molecular flexibility index (Phi) is 5.99. The van der Waals surface area contributed by atoms with Gasteiger partial charge in [-0.1, -0.05) is 13.8 Å². The highest BCUT2D eigenvalue weighted by molar-refractivity contribution is 5.96. The van der Waals surface area contributed by atoms with Gasteiger partial charge in [-0.2, -0.15) is 0 Å². The lowest BCUT2D eigenvalue weighted by molar-refractivity contribution is -0.144. The van der Waals surface area contributed by atoms with Crippen LogP contribution < -0.4 is 15.0 Å². The molecule has 1 aliphatic heterocycles. The van der Waals surface area contributed by atoms with Crippen LogP contribution in [-0.4, -0.2) is 72.1 Å². The van der Waals surface area contributed by atoms with Crippen LogP contribution in [0.4, 0.5) is 5.69 Å². The highest BCUT2D eigenvalue weighted by Crippen LogP contribution is 2.39. The largest absolute Gasteiger partial charge is 0.480 e. The lowest BCUT2D eigenvalue weighted by Gasteiger charge is -2.40. The number of amides is 1. The number of nitrogens with one attached hydrogen (secondary N) is 1. The summed E-state index contributed by atoms with van der Waals surface area (Å²) in [5.74, 6) is -1.39. The molecular formula is C21H31N3O6. The molecule has 9 heteroatoms. The molecule has 4 atom stereocenters. The molecule has 2 heterocycles. The summed E-state index contributed by atoms with van der Waals surface area (Å²) in [4.78, 5) is 31.2. The lowest BCUT2D eigenvalue weighted by Crippen LogP contribution is -2.54. The fraction of sp³-hybridized carbons (Fsp3) is 0.667. The lowest BCUT2D eigenvalue weighted by atomic mass is 9.92. The van der Waals surface area contributed by atoms with Gasteiger partial charge in [-0.05, 0) is 43.2 Å². The van der Waals surface area contributed by atoms with Crippen molar-refractivity contribution in [1.82, 2.24) is 10.3 Å². The smallest absolute Gasteiger partial charge is 0.329 e. The number of carboxylic acid groups (broad SMARTS) is 1. The third kappa shape index (κ3) is 4.52. The zero-order valence-corrected chi connectivity index (χ0v) is 17.3. The SMILES string of the molecule is [2H]CC([2H])C(CC)(NC(=O)c1ccc(N2CC(OC)C2)c(OC[C@H]2C[C@@H]2CO)n1)C(=O)O.